The van der Waals surface area contributed by atoms with Gasteiger partial charge in [0.15, 0.2) is 0 Å². The summed E-state index contributed by atoms with van der Waals surface area (Å²) in [4.78, 5) is 13.1. The summed E-state index contributed by atoms with van der Waals surface area (Å²) in [5.74, 6) is -0.201. The van der Waals surface area contributed by atoms with Crippen LogP contribution >= 0.6 is 0 Å². The van der Waals surface area contributed by atoms with E-state index in [2.05, 4.69) is 34.5 Å². The van der Waals surface area contributed by atoms with Crippen LogP contribution in [-0.4, -0.2) is 25.5 Å². The first-order valence-electron chi connectivity index (χ1n) is 6.59. The van der Waals surface area contributed by atoms with Crippen molar-refractivity contribution in [3.05, 3.63) is 29.8 Å². The fourth-order valence-electron chi connectivity index (χ4n) is 2.36. The third-order valence-corrected chi connectivity index (χ3v) is 3.31. The molecule has 1 aliphatic heterocycles. The van der Waals surface area contributed by atoms with Gasteiger partial charge in [-0.05, 0) is 24.5 Å². The standard InChI is InChI=1S/C14H21N3O/c15-14(18)7-3-4-9-17-10-8-16-11-12-5-1-2-6-13(12)17/h1-2,5-6,16H,3-4,7-11H2,(H2,15,18). The van der Waals surface area contributed by atoms with Crippen molar-refractivity contribution >= 4 is 11.6 Å². The Balaban J connectivity index is 1.93. The number of hydrogen-bond donors (Lipinski definition) is 2. The van der Waals surface area contributed by atoms with Gasteiger partial charge in [-0.3, -0.25) is 4.79 Å². The second-order valence-electron chi connectivity index (χ2n) is 4.72. The zero-order valence-corrected chi connectivity index (χ0v) is 10.7. The highest BCUT2D eigenvalue weighted by Crippen LogP contribution is 2.22. The molecule has 1 aliphatic rings. The number of carbonyl (C=O) groups is 1. The van der Waals surface area contributed by atoms with Crippen LogP contribution in [0.2, 0.25) is 0 Å². The van der Waals surface area contributed by atoms with E-state index in [0.717, 1.165) is 39.0 Å². The van der Waals surface area contributed by atoms with Crippen LogP contribution in [0.5, 0.6) is 0 Å². The van der Waals surface area contributed by atoms with Gasteiger partial charge in [-0.2, -0.15) is 0 Å². The number of hydrogen-bond acceptors (Lipinski definition) is 3. The van der Waals surface area contributed by atoms with E-state index in [-0.39, 0.29) is 5.91 Å². The molecule has 98 valence electrons. The predicted molar refractivity (Wildman–Crippen MR) is 73.4 cm³/mol. The molecule has 0 aromatic heterocycles. The van der Waals surface area contributed by atoms with Crippen LogP contribution < -0.4 is 16.0 Å². The lowest BCUT2D eigenvalue weighted by Crippen LogP contribution is -2.29. The smallest absolute Gasteiger partial charge is 0.217 e. The monoisotopic (exact) mass is 247 g/mol. The average Bonchev–Trinajstić information content (AvgIpc) is 2.57. The molecule has 4 nitrogen and oxygen atoms in total. The van der Waals surface area contributed by atoms with Gasteiger partial charge in [0, 0.05) is 38.3 Å². The lowest BCUT2D eigenvalue weighted by molar-refractivity contribution is -0.118. The minimum atomic E-state index is -0.201. The molecule has 1 aromatic carbocycles. The van der Waals surface area contributed by atoms with Crippen molar-refractivity contribution in [2.45, 2.75) is 25.8 Å². The van der Waals surface area contributed by atoms with E-state index in [1.807, 2.05) is 0 Å². The molecule has 0 fully saturated rings. The number of nitrogens with two attached hydrogens (primary N) is 1. The van der Waals surface area contributed by atoms with Gasteiger partial charge in [0.25, 0.3) is 0 Å². The zero-order valence-electron chi connectivity index (χ0n) is 10.7. The lowest BCUT2D eigenvalue weighted by atomic mass is 10.1. The molecule has 4 heteroatoms. The molecular weight excluding hydrogens is 226 g/mol. The Bertz CT molecular complexity index is 406. The zero-order chi connectivity index (χ0) is 12.8. The number of benzene rings is 1. The molecular formula is C14H21N3O. The summed E-state index contributed by atoms with van der Waals surface area (Å²) >= 11 is 0. The van der Waals surface area contributed by atoms with Gasteiger partial charge < -0.3 is 16.0 Å². The Hall–Kier alpha value is -1.55. The predicted octanol–water partition coefficient (Wildman–Crippen LogP) is 1.25. The van der Waals surface area contributed by atoms with Gasteiger partial charge in [-0.1, -0.05) is 18.2 Å². The largest absolute Gasteiger partial charge is 0.370 e. The number of nitrogens with zero attached hydrogens (tertiary/aromatic N) is 1. The van der Waals surface area contributed by atoms with E-state index >= 15 is 0 Å². The summed E-state index contributed by atoms with van der Waals surface area (Å²) in [5, 5.41) is 3.43. The number of nitrogens with one attached hydrogen (secondary N) is 1. The van der Waals surface area contributed by atoms with Crippen LogP contribution in [0, 0.1) is 0 Å². The van der Waals surface area contributed by atoms with E-state index in [1.54, 1.807) is 0 Å². The van der Waals surface area contributed by atoms with Crippen LogP contribution in [0.4, 0.5) is 5.69 Å². The molecule has 0 saturated carbocycles. The summed E-state index contributed by atoms with van der Waals surface area (Å²) in [7, 11) is 0. The van der Waals surface area contributed by atoms with Gasteiger partial charge in [0.1, 0.15) is 0 Å². The quantitative estimate of drug-likeness (QED) is 0.770. The molecule has 0 radical (unpaired) electrons. The topological polar surface area (TPSA) is 58.4 Å². The van der Waals surface area contributed by atoms with Crippen LogP contribution in [0.3, 0.4) is 0 Å². The van der Waals surface area contributed by atoms with Crippen molar-refractivity contribution in [1.82, 2.24) is 5.32 Å². The number of carbonyl (C=O) groups excluding carboxylic acids is 1. The van der Waals surface area contributed by atoms with Gasteiger partial charge in [0.2, 0.25) is 5.91 Å². The second-order valence-corrected chi connectivity index (χ2v) is 4.72. The molecule has 1 aromatic rings. The summed E-state index contributed by atoms with van der Waals surface area (Å²) in [5.41, 5.74) is 7.82. The van der Waals surface area contributed by atoms with Gasteiger partial charge in [-0.15, -0.1) is 0 Å². The van der Waals surface area contributed by atoms with Crippen LogP contribution in [-0.2, 0) is 11.3 Å². The lowest BCUT2D eigenvalue weighted by Gasteiger charge is -2.24. The van der Waals surface area contributed by atoms with Crippen LogP contribution in [0.15, 0.2) is 24.3 Å². The summed E-state index contributed by atoms with van der Waals surface area (Å²) < 4.78 is 0. The van der Waals surface area contributed by atoms with Crippen molar-refractivity contribution in [3.8, 4) is 0 Å². The molecule has 0 spiro atoms. The first kappa shape index (κ1) is 12.9. The maximum absolute atomic E-state index is 10.7. The fraction of sp³-hybridized carbons (Fsp3) is 0.500. The number of rotatable bonds is 5. The Kier molecular flexibility index (Phi) is 4.59. The Morgan fingerprint density at radius 1 is 1.33 bits per heavy atom. The molecule has 0 bridgehead atoms. The van der Waals surface area contributed by atoms with Gasteiger partial charge in [-0.25, -0.2) is 0 Å². The molecule has 0 aliphatic carbocycles. The number of primary amides is 1. The van der Waals surface area contributed by atoms with Crippen molar-refractivity contribution < 1.29 is 4.79 Å². The Morgan fingerprint density at radius 2 is 2.17 bits per heavy atom. The highest BCUT2D eigenvalue weighted by atomic mass is 16.1. The van der Waals surface area contributed by atoms with Crippen LogP contribution in [0.1, 0.15) is 24.8 Å². The van der Waals surface area contributed by atoms with E-state index in [9.17, 15) is 4.79 Å². The Labute approximate surface area is 108 Å². The van der Waals surface area contributed by atoms with Gasteiger partial charge >= 0.3 is 0 Å². The summed E-state index contributed by atoms with van der Waals surface area (Å²) in [6.45, 7) is 3.96. The maximum atomic E-state index is 10.7. The number of amides is 1. The number of unbranched alkanes of at least 4 members (excludes halogenated alkanes) is 1. The molecule has 0 saturated heterocycles. The van der Waals surface area contributed by atoms with E-state index in [1.165, 1.54) is 11.3 Å². The number of para-hydroxylation sites is 1. The molecule has 0 unspecified atom stereocenters. The number of anilines is 1. The van der Waals surface area contributed by atoms with E-state index in [0.29, 0.717) is 6.42 Å². The number of fused-ring (bicyclic) bond motifs is 1. The SMILES string of the molecule is NC(=O)CCCCN1CCNCc2ccccc21. The van der Waals surface area contributed by atoms with Crippen molar-refractivity contribution in [2.75, 3.05) is 24.5 Å². The fourth-order valence-corrected chi connectivity index (χ4v) is 2.36. The van der Waals surface area contributed by atoms with Gasteiger partial charge in [0.05, 0.1) is 0 Å². The summed E-state index contributed by atoms with van der Waals surface area (Å²) in [6, 6.07) is 8.51. The highest BCUT2D eigenvalue weighted by Gasteiger charge is 2.13. The molecule has 18 heavy (non-hydrogen) atoms. The summed E-state index contributed by atoms with van der Waals surface area (Å²) in [6.07, 6.45) is 2.38. The molecule has 1 amide bonds. The minimum Gasteiger partial charge on any atom is -0.370 e. The van der Waals surface area contributed by atoms with Crippen molar-refractivity contribution in [3.63, 3.8) is 0 Å². The molecule has 3 N–H and O–H groups in total. The van der Waals surface area contributed by atoms with Crippen molar-refractivity contribution in [1.29, 1.82) is 0 Å². The van der Waals surface area contributed by atoms with E-state index in [4.69, 9.17) is 5.73 Å². The van der Waals surface area contributed by atoms with E-state index < -0.39 is 0 Å². The normalized spacial score (nSPS) is 15.0. The first-order valence-corrected chi connectivity index (χ1v) is 6.59. The van der Waals surface area contributed by atoms with Crippen molar-refractivity contribution in [2.24, 2.45) is 5.73 Å². The molecule has 0 atom stereocenters. The molecule has 1 heterocycles. The average molecular weight is 247 g/mol. The second kappa shape index (κ2) is 6.40. The first-order chi connectivity index (χ1) is 8.77. The minimum absolute atomic E-state index is 0.201. The third kappa shape index (κ3) is 3.47. The third-order valence-electron chi connectivity index (χ3n) is 3.31. The maximum Gasteiger partial charge on any atom is 0.217 e. The van der Waals surface area contributed by atoms with Crippen LogP contribution in [0.25, 0.3) is 0 Å². The highest BCUT2D eigenvalue weighted by molar-refractivity contribution is 5.73. The molecule has 2 rings (SSSR count). The Morgan fingerprint density at radius 3 is 3.00 bits per heavy atom.